The van der Waals surface area contributed by atoms with Crippen molar-refractivity contribution in [1.29, 1.82) is 0 Å². The molecule has 4 nitrogen and oxygen atoms in total. The fraction of sp³-hybridized carbons (Fsp3) is 0.294. The zero-order valence-electron chi connectivity index (χ0n) is 12.5. The minimum absolute atomic E-state index is 0.210. The van der Waals surface area contributed by atoms with Crippen molar-refractivity contribution in [3.8, 4) is 0 Å². The predicted molar refractivity (Wildman–Crippen MR) is 84.8 cm³/mol. The van der Waals surface area contributed by atoms with Crippen molar-refractivity contribution >= 4 is 23.6 Å². The Kier molecular flexibility index (Phi) is 6.95. The number of amides is 1. The van der Waals surface area contributed by atoms with E-state index in [2.05, 4.69) is 11.9 Å². The van der Waals surface area contributed by atoms with Crippen LogP contribution in [0.4, 0.5) is 5.69 Å². The number of ether oxygens (including phenoxy) is 1. The lowest BCUT2D eigenvalue weighted by Crippen LogP contribution is -2.11. The van der Waals surface area contributed by atoms with Crippen LogP contribution in [0.15, 0.2) is 42.5 Å². The van der Waals surface area contributed by atoms with Crippen LogP contribution in [-0.2, 0) is 14.3 Å². The van der Waals surface area contributed by atoms with Crippen LogP contribution in [0.2, 0.25) is 0 Å². The van der Waals surface area contributed by atoms with Gasteiger partial charge in [-0.25, -0.2) is 4.79 Å². The van der Waals surface area contributed by atoms with Gasteiger partial charge in [0.05, 0.1) is 6.61 Å². The molecule has 0 aliphatic rings. The SMILES string of the molecule is C=C(C)C(=O)Nc1ccc(/C=C/C(=O)OCCCC)cc1. The Balaban J connectivity index is 2.52. The number of unbranched alkanes of at least 4 members (excludes halogenated alkanes) is 1. The third-order valence-corrected chi connectivity index (χ3v) is 2.71. The van der Waals surface area contributed by atoms with Gasteiger partial charge in [0.1, 0.15) is 0 Å². The number of hydrogen-bond acceptors (Lipinski definition) is 3. The van der Waals surface area contributed by atoms with Gasteiger partial charge in [-0.1, -0.05) is 32.1 Å². The highest BCUT2D eigenvalue weighted by Gasteiger charge is 2.02. The largest absolute Gasteiger partial charge is 0.463 e. The Morgan fingerprint density at radius 2 is 1.95 bits per heavy atom. The number of hydrogen-bond donors (Lipinski definition) is 1. The van der Waals surface area contributed by atoms with Crippen LogP contribution in [0.1, 0.15) is 32.3 Å². The van der Waals surface area contributed by atoms with Crippen molar-refractivity contribution < 1.29 is 14.3 Å². The molecular formula is C17H21NO3. The van der Waals surface area contributed by atoms with Gasteiger partial charge in [0, 0.05) is 17.3 Å². The number of carbonyl (C=O) groups is 2. The maximum atomic E-state index is 11.5. The summed E-state index contributed by atoms with van der Waals surface area (Å²) in [7, 11) is 0. The zero-order chi connectivity index (χ0) is 15.7. The number of nitrogens with one attached hydrogen (secondary N) is 1. The van der Waals surface area contributed by atoms with Crippen LogP contribution in [-0.4, -0.2) is 18.5 Å². The molecule has 0 atom stereocenters. The summed E-state index contributed by atoms with van der Waals surface area (Å²) in [5.74, 6) is -0.555. The van der Waals surface area contributed by atoms with E-state index in [-0.39, 0.29) is 11.9 Å². The predicted octanol–water partition coefficient (Wildman–Crippen LogP) is 3.56. The maximum Gasteiger partial charge on any atom is 0.330 e. The van der Waals surface area contributed by atoms with Crippen LogP contribution in [0.5, 0.6) is 0 Å². The van der Waals surface area contributed by atoms with E-state index < -0.39 is 0 Å². The van der Waals surface area contributed by atoms with Gasteiger partial charge < -0.3 is 10.1 Å². The molecule has 0 aliphatic heterocycles. The van der Waals surface area contributed by atoms with E-state index in [9.17, 15) is 9.59 Å². The van der Waals surface area contributed by atoms with Gasteiger partial charge in [0.25, 0.3) is 5.91 Å². The summed E-state index contributed by atoms with van der Waals surface area (Å²) in [5.41, 5.74) is 2.00. The summed E-state index contributed by atoms with van der Waals surface area (Å²) in [6.45, 7) is 7.71. The number of esters is 1. The standard InChI is InChI=1S/C17H21NO3/c1-4-5-12-21-16(19)11-8-14-6-9-15(10-7-14)18-17(20)13(2)3/h6-11H,2,4-5,12H2,1,3H3,(H,18,20)/b11-8+. The molecule has 0 spiro atoms. The molecule has 1 rings (SSSR count). The lowest BCUT2D eigenvalue weighted by atomic mass is 10.2. The van der Waals surface area contributed by atoms with E-state index in [0.29, 0.717) is 17.9 Å². The van der Waals surface area contributed by atoms with Crippen LogP contribution in [0.25, 0.3) is 6.08 Å². The molecule has 0 aliphatic carbocycles. The van der Waals surface area contributed by atoms with Gasteiger partial charge in [0.2, 0.25) is 0 Å². The van der Waals surface area contributed by atoms with E-state index in [1.54, 1.807) is 25.1 Å². The average molecular weight is 287 g/mol. The molecule has 1 N–H and O–H groups in total. The Labute approximate surface area is 125 Å². The molecule has 0 saturated carbocycles. The van der Waals surface area contributed by atoms with Gasteiger partial charge in [-0.2, -0.15) is 0 Å². The first-order valence-electron chi connectivity index (χ1n) is 6.94. The van der Waals surface area contributed by atoms with Crippen LogP contribution in [0, 0.1) is 0 Å². The summed E-state index contributed by atoms with van der Waals surface area (Å²) in [6.07, 6.45) is 4.95. The average Bonchev–Trinajstić information content (AvgIpc) is 2.46. The smallest absolute Gasteiger partial charge is 0.330 e. The Morgan fingerprint density at radius 1 is 1.29 bits per heavy atom. The maximum absolute atomic E-state index is 11.5. The van der Waals surface area contributed by atoms with Gasteiger partial charge in [0.15, 0.2) is 0 Å². The summed E-state index contributed by atoms with van der Waals surface area (Å²) >= 11 is 0. The van der Waals surface area contributed by atoms with E-state index >= 15 is 0 Å². The molecule has 1 amide bonds. The monoisotopic (exact) mass is 287 g/mol. The van der Waals surface area contributed by atoms with Crippen molar-refractivity contribution in [2.24, 2.45) is 0 Å². The molecule has 0 heterocycles. The first-order valence-corrected chi connectivity index (χ1v) is 6.94. The second-order valence-corrected chi connectivity index (χ2v) is 4.71. The quantitative estimate of drug-likeness (QED) is 0.474. The van der Waals surface area contributed by atoms with E-state index in [4.69, 9.17) is 4.74 Å². The Morgan fingerprint density at radius 3 is 2.52 bits per heavy atom. The van der Waals surface area contributed by atoms with E-state index in [1.165, 1.54) is 6.08 Å². The van der Waals surface area contributed by atoms with Gasteiger partial charge >= 0.3 is 5.97 Å². The molecule has 0 bridgehead atoms. The van der Waals surface area contributed by atoms with Crippen molar-refractivity contribution in [1.82, 2.24) is 0 Å². The molecule has 4 heteroatoms. The summed E-state index contributed by atoms with van der Waals surface area (Å²) in [5, 5.41) is 2.71. The van der Waals surface area contributed by atoms with Crippen molar-refractivity contribution in [2.45, 2.75) is 26.7 Å². The molecule has 1 aromatic rings. The molecule has 21 heavy (non-hydrogen) atoms. The first-order chi connectivity index (χ1) is 10.0. The lowest BCUT2D eigenvalue weighted by molar-refractivity contribution is -0.137. The second-order valence-electron chi connectivity index (χ2n) is 4.71. The lowest BCUT2D eigenvalue weighted by Gasteiger charge is -2.04. The number of carbonyl (C=O) groups excluding carboxylic acids is 2. The minimum Gasteiger partial charge on any atom is -0.463 e. The fourth-order valence-corrected chi connectivity index (χ4v) is 1.44. The Bertz CT molecular complexity index is 529. The zero-order valence-corrected chi connectivity index (χ0v) is 12.5. The number of benzene rings is 1. The molecule has 0 radical (unpaired) electrons. The second kappa shape index (κ2) is 8.74. The van der Waals surface area contributed by atoms with Crippen LogP contribution >= 0.6 is 0 Å². The van der Waals surface area contributed by atoms with E-state index in [1.807, 2.05) is 19.1 Å². The highest BCUT2D eigenvalue weighted by Crippen LogP contribution is 2.11. The molecule has 0 unspecified atom stereocenters. The molecule has 1 aromatic carbocycles. The molecule has 0 saturated heterocycles. The van der Waals surface area contributed by atoms with Gasteiger partial charge in [-0.3, -0.25) is 4.79 Å². The third-order valence-electron chi connectivity index (χ3n) is 2.71. The normalized spacial score (nSPS) is 10.4. The van der Waals surface area contributed by atoms with Crippen molar-refractivity contribution in [2.75, 3.05) is 11.9 Å². The van der Waals surface area contributed by atoms with Crippen LogP contribution < -0.4 is 5.32 Å². The van der Waals surface area contributed by atoms with Gasteiger partial charge in [-0.15, -0.1) is 0 Å². The fourth-order valence-electron chi connectivity index (χ4n) is 1.44. The number of rotatable bonds is 7. The van der Waals surface area contributed by atoms with E-state index in [0.717, 1.165) is 18.4 Å². The summed E-state index contributed by atoms with van der Waals surface area (Å²) < 4.78 is 5.01. The highest BCUT2D eigenvalue weighted by atomic mass is 16.5. The highest BCUT2D eigenvalue weighted by molar-refractivity contribution is 6.02. The molecule has 112 valence electrons. The van der Waals surface area contributed by atoms with Crippen molar-refractivity contribution in [3.05, 3.63) is 48.1 Å². The summed E-state index contributed by atoms with van der Waals surface area (Å²) in [6, 6.07) is 7.15. The summed E-state index contributed by atoms with van der Waals surface area (Å²) in [4.78, 5) is 22.9. The Hall–Kier alpha value is -2.36. The minimum atomic E-state index is -0.344. The van der Waals surface area contributed by atoms with Crippen molar-refractivity contribution in [3.63, 3.8) is 0 Å². The molecule has 0 aromatic heterocycles. The number of anilines is 1. The third kappa shape index (κ3) is 6.56. The van der Waals surface area contributed by atoms with Gasteiger partial charge in [-0.05, 0) is 37.1 Å². The first kappa shape index (κ1) is 16.7. The van der Waals surface area contributed by atoms with Crippen LogP contribution in [0.3, 0.4) is 0 Å². The molecular weight excluding hydrogens is 266 g/mol. The topological polar surface area (TPSA) is 55.4 Å². The molecule has 0 fully saturated rings.